The van der Waals surface area contributed by atoms with Gasteiger partial charge < -0.3 is 5.32 Å². The summed E-state index contributed by atoms with van der Waals surface area (Å²) in [5.41, 5.74) is 3.59. The van der Waals surface area contributed by atoms with Gasteiger partial charge in [-0.25, -0.2) is 9.37 Å². The van der Waals surface area contributed by atoms with Crippen molar-refractivity contribution in [1.29, 1.82) is 0 Å². The minimum absolute atomic E-state index is 0.115. The van der Waals surface area contributed by atoms with Gasteiger partial charge in [0.15, 0.2) is 10.7 Å². The molecular weight excluding hydrogens is 349 g/mol. The Kier molecular flexibility index (Phi) is 4.26. The molecule has 4 rings (SSSR count). The summed E-state index contributed by atoms with van der Waals surface area (Å²) >= 11 is 1.47. The quantitative estimate of drug-likeness (QED) is 0.581. The molecule has 0 atom stereocenters. The number of hydrogen-bond donors (Lipinski definition) is 1. The van der Waals surface area contributed by atoms with Gasteiger partial charge in [-0.3, -0.25) is 9.20 Å². The highest BCUT2D eigenvalue weighted by molar-refractivity contribution is 7.15. The molecule has 130 valence electrons. The third kappa shape index (κ3) is 2.99. The molecule has 6 heteroatoms. The Labute approximate surface area is 153 Å². The largest absolute Gasteiger partial charge is 0.346 e. The lowest BCUT2D eigenvalue weighted by Crippen LogP contribution is -2.24. The number of carbonyl (C=O) groups excluding carboxylic acids is 1. The van der Waals surface area contributed by atoms with E-state index in [1.165, 1.54) is 17.4 Å². The third-order valence-corrected chi connectivity index (χ3v) is 4.96. The molecule has 0 saturated heterocycles. The van der Waals surface area contributed by atoms with Crippen molar-refractivity contribution in [2.24, 2.45) is 0 Å². The van der Waals surface area contributed by atoms with E-state index >= 15 is 0 Å². The summed E-state index contributed by atoms with van der Waals surface area (Å²) in [5.74, 6) is -0.655. The molecule has 0 spiro atoms. The minimum Gasteiger partial charge on any atom is -0.346 e. The van der Waals surface area contributed by atoms with E-state index in [-0.39, 0.29) is 18.3 Å². The van der Waals surface area contributed by atoms with Crippen LogP contribution in [-0.4, -0.2) is 15.3 Å². The molecule has 0 aliphatic rings. The number of nitrogens with zero attached hydrogens (tertiary/aromatic N) is 2. The van der Waals surface area contributed by atoms with Crippen LogP contribution in [0.1, 0.15) is 21.6 Å². The maximum absolute atomic E-state index is 13.8. The maximum Gasteiger partial charge on any atom is 0.272 e. The number of thiazole rings is 1. The molecule has 4 aromatic rings. The molecule has 0 bridgehead atoms. The average Bonchev–Trinajstić information content (AvgIpc) is 3.23. The lowest BCUT2D eigenvalue weighted by molar-refractivity contribution is 0.0947. The van der Waals surface area contributed by atoms with Gasteiger partial charge in [0.2, 0.25) is 0 Å². The van der Waals surface area contributed by atoms with Crippen LogP contribution >= 0.6 is 11.3 Å². The van der Waals surface area contributed by atoms with E-state index in [1.807, 2.05) is 47.2 Å². The zero-order valence-corrected chi connectivity index (χ0v) is 14.9. The molecule has 1 amide bonds. The van der Waals surface area contributed by atoms with E-state index in [0.717, 1.165) is 21.8 Å². The molecule has 0 fully saturated rings. The highest BCUT2D eigenvalue weighted by Crippen LogP contribution is 2.28. The van der Waals surface area contributed by atoms with Gasteiger partial charge in [-0.05, 0) is 13.0 Å². The van der Waals surface area contributed by atoms with Crippen LogP contribution in [0, 0.1) is 12.7 Å². The fourth-order valence-electron chi connectivity index (χ4n) is 2.83. The topological polar surface area (TPSA) is 46.4 Å². The van der Waals surface area contributed by atoms with Crippen LogP contribution in [0.15, 0.2) is 60.1 Å². The van der Waals surface area contributed by atoms with Crippen LogP contribution in [0.4, 0.5) is 4.39 Å². The Bertz CT molecular complexity index is 1080. The monoisotopic (exact) mass is 365 g/mol. The van der Waals surface area contributed by atoms with E-state index in [1.54, 1.807) is 18.2 Å². The van der Waals surface area contributed by atoms with Crippen molar-refractivity contribution in [3.05, 3.63) is 82.7 Å². The Morgan fingerprint density at radius 3 is 2.73 bits per heavy atom. The SMILES string of the molecule is Cc1ccc(-c2c(C(=O)NCc3ccccc3F)nc3sccn23)cc1. The Balaban J connectivity index is 1.68. The first kappa shape index (κ1) is 16.5. The van der Waals surface area contributed by atoms with Crippen molar-refractivity contribution in [2.75, 3.05) is 0 Å². The number of fused-ring (bicyclic) bond motifs is 1. The van der Waals surface area contributed by atoms with Gasteiger partial charge in [0, 0.05) is 29.2 Å². The van der Waals surface area contributed by atoms with Crippen molar-refractivity contribution >= 4 is 22.2 Å². The van der Waals surface area contributed by atoms with E-state index in [0.29, 0.717) is 11.3 Å². The number of rotatable bonds is 4. The van der Waals surface area contributed by atoms with Gasteiger partial charge in [-0.1, -0.05) is 48.0 Å². The highest BCUT2D eigenvalue weighted by atomic mass is 32.1. The predicted molar refractivity (Wildman–Crippen MR) is 101 cm³/mol. The summed E-state index contributed by atoms with van der Waals surface area (Å²) in [6, 6.07) is 14.4. The number of hydrogen-bond acceptors (Lipinski definition) is 3. The molecule has 2 aromatic carbocycles. The van der Waals surface area contributed by atoms with Gasteiger partial charge in [0.1, 0.15) is 5.82 Å². The Morgan fingerprint density at radius 2 is 1.96 bits per heavy atom. The number of halogens is 1. The van der Waals surface area contributed by atoms with Crippen molar-refractivity contribution in [1.82, 2.24) is 14.7 Å². The van der Waals surface area contributed by atoms with Crippen LogP contribution < -0.4 is 5.32 Å². The van der Waals surface area contributed by atoms with Gasteiger partial charge in [-0.15, -0.1) is 11.3 Å². The van der Waals surface area contributed by atoms with E-state index in [4.69, 9.17) is 0 Å². The summed E-state index contributed by atoms with van der Waals surface area (Å²) in [4.78, 5) is 18.0. The normalized spacial score (nSPS) is 11.0. The number of aromatic nitrogens is 2. The standard InChI is InChI=1S/C20H16FN3OS/c1-13-6-8-14(9-7-13)18-17(23-20-24(18)10-11-26-20)19(25)22-12-15-4-2-3-5-16(15)21/h2-11H,12H2,1H3,(H,22,25). The molecule has 2 heterocycles. The third-order valence-electron chi connectivity index (χ3n) is 4.20. The van der Waals surface area contributed by atoms with Crippen molar-refractivity contribution in [3.8, 4) is 11.3 Å². The second-order valence-electron chi connectivity index (χ2n) is 6.00. The molecule has 2 aromatic heterocycles. The lowest BCUT2D eigenvalue weighted by atomic mass is 10.1. The second kappa shape index (κ2) is 6.72. The Hall–Kier alpha value is -2.99. The summed E-state index contributed by atoms with van der Waals surface area (Å²) in [6.45, 7) is 2.13. The fourth-order valence-corrected chi connectivity index (χ4v) is 3.55. The summed E-state index contributed by atoms with van der Waals surface area (Å²) in [7, 11) is 0. The summed E-state index contributed by atoms with van der Waals surface area (Å²) in [6.07, 6.45) is 1.90. The first-order valence-electron chi connectivity index (χ1n) is 8.17. The van der Waals surface area contributed by atoms with Crippen molar-refractivity contribution in [3.63, 3.8) is 0 Å². The van der Waals surface area contributed by atoms with Gasteiger partial charge >= 0.3 is 0 Å². The molecule has 0 unspecified atom stereocenters. The van der Waals surface area contributed by atoms with Gasteiger partial charge in [-0.2, -0.15) is 0 Å². The molecule has 0 radical (unpaired) electrons. The van der Waals surface area contributed by atoms with Crippen LogP contribution in [-0.2, 0) is 6.54 Å². The maximum atomic E-state index is 13.8. The van der Waals surface area contributed by atoms with Gasteiger partial charge in [0.25, 0.3) is 5.91 Å². The number of nitrogens with one attached hydrogen (secondary N) is 1. The predicted octanol–water partition coefficient (Wildman–Crippen LogP) is 4.44. The summed E-state index contributed by atoms with van der Waals surface area (Å²) < 4.78 is 15.7. The van der Waals surface area contributed by atoms with Crippen LogP contribution in [0.5, 0.6) is 0 Å². The molecule has 0 saturated carbocycles. The molecule has 0 aliphatic carbocycles. The number of imidazole rings is 1. The van der Waals surface area contributed by atoms with Crippen LogP contribution in [0.25, 0.3) is 16.2 Å². The Morgan fingerprint density at radius 1 is 1.19 bits per heavy atom. The minimum atomic E-state index is -0.336. The zero-order valence-electron chi connectivity index (χ0n) is 14.1. The smallest absolute Gasteiger partial charge is 0.272 e. The fraction of sp³-hybridized carbons (Fsp3) is 0.100. The van der Waals surface area contributed by atoms with Crippen LogP contribution in [0.2, 0.25) is 0 Å². The molecule has 0 aliphatic heterocycles. The van der Waals surface area contributed by atoms with Crippen LogP contribution in [0.3, 0.4) is 0 Å². The number of carbonyl (C=O) groups is 1. The van der Waals surface area contributed by atoms with E-state index in [2.05, 4.69) is 10.3 Å². The highest BCUT2D eigenvalue weighted by Gasteiger charge is 2.21. The summed E-state index contributed by atoms with van der Waals surface area (Å²) in [5, 5.41) is 4.71. The number of amides is 1. The number of aryl methyl sites for hydroxylation is 1. The second-order valence-corrected chi connectivity index (χ2v) is 6.88. The lowest BCUT2D eigenvalue weighted by Gasteiger charge is -2.07. The van der Waals surface area contributed by atoms with E-state index in [9.17, 15) is 9.18 Å². The molecule has 26 heavy (non-hydrogen) atoms. The number of benzene rings is 2. The van der Waals surface area contributed by atoms with Gasteiger partial charge in [0.05, 0.1) is 5.69 Å². The molecule has 1 N–H and O–H groups in total. The van der Waals surface area contributed by atoms with Crippen molar-refractivity contribution < 1.29 is 9.18 Å². The average molecular weight is 365 g/mol. The molecule has 4 nitrogen and oxygen atoms in total. The first-order chi connectivity index (χ1) is 12.6. The molecular formula is C20H16FN3OS. The first-order valence-corrected chi connectivity index (χ1v) is 9.05. The van der Waals surface area contributed by atoms with E-state index < -0.39 is 0 Å². The zero-order chi connectivity index (χ0) is 18.1. The van der Waals surface area contributed by atoms with Crippen molar-refractivity contribution in [2.45, 2.75) is 13.5 Å².